The van der Waals surface area contributed by atoms with Crippen molar-refractivity contribution in [2.24, 2.45) is 5.92 Å². The molecule has 1 N–H and O–H groups in total. The van der Waals surface area contributed by atoms with E-state index >= 15 is 0 Å². The van der Waals surface area contributed by atoms with Gasteiger partial charge in [0, 0.05) is 16.6 Å². The zero-order valence-corrected chi connectivity index (χ0v) is 13.1. The van der Waals surface area contributed by atoms with Gasteiger partial charge in [0.25, 0.3) is 0 Å². The van der Waals surface area contributed by atoms with Crippen molar-refractivity contribution < 1.29 is 4.39 Å². The van der Waals surface area contributed by atoms with Crippen molar-refractivity contribution in [3.8, 4) is 0 Å². The fraction of sp³-hybridized carbons (Fsp3) is 0.647. The lowest BCUT2D eigenvalue weighted by Crippen LogP contribution is -2.36. The highest BCUT2D eigenvalue weighted by Gasteiger charge is 2.24. The summed E-state index contributed by atoms with van der Waals surface area (Å²) in [6, 6.07) is 5.47. The molecule has 112 valence electrons. The largest absolute Gasteiger partial charge is 0.314 e. The van der Waals surface area contributed by atoms with Gasteiger partial charge < -0.3 is 5.32 Å². The number of hydrogen-bond donors (Lipinski definition) is 1. The van der Waals surface area contributed by atoms with E-state index in [2.05, 4.69) is 12.2 Å². The molecule has 0 radical (unpaired) electrons. The highest BCUT2D eigenvalue weighted by Crippen LogP contribution is 2.30. The summed E-state index contributed by atoms with van der Waals surface area (Å²) in [5.41, 5.74) is 0.676. The monoisotopic (exact) mass is 297 g/mol. The van der Waals surface area contributed by atoms with Crippen LogP contribution in [-0.2, 0) is 6.42 Å². The van der Waals surface area contributed by atoms with Gasteiger partial charge in [-0.15, -0.1) is 0 Å². The summed E-state index contributed by atoms with van der Waals surface area (Å²) >= 11 is 6.12. The van der Waals surface area contributed by atoms with Crippen molar-refractivity contribution >= 4 is 11.6 Å². The first-order chi connectivity index (χ1) is 9.72. The Morgan fingerprint density at radius 2 is 2.10 bits per heavy atom. The van der Waals surface area contributed by atoms with Gasteiger partial charge in [0.2, 0.25) is 0 Å². The molecule has 0 aromatic heterocycles. The van der Waals surface area contributed by atoms with Gasteiger partial charge >= 0.3 is 0 Å². The van der Waals surface area contributed by atoms with Crippen LogP contribution in [-0.4, -0.2) is 12.6 Å². The van der Waals surface area contributed by atoms with Crippen LogP contribution in [0.25, 0.3) is 0 Å². The molecule has 0 saturated heterocycles. The van der Waals surface area contributed by atoms with E-state index in [0.29, 0.717) is 16.6 Å². The first-order valence-corrected chi connectivity index (χ1v) is 8.26. The molecule has 2 rings (SSSR count). The van der Waals surface area contributed by atoms with E-state index in [0.717, 1.165) is 31.7 Å². The smallest absolute Gasteiger partial charge is 0.127 e. The molecule has 0 amide bonds. The van der Waals surface area contributed by atoms with Gasteiger partial charge in [-0.05, 0) is 56.7 Å². The Morgan fingerprint density at radius 1 is 1.35 bits per heavy atom. The van der Waals surface area contributed by atoms with Crippen LogP contribution in [0.5, 0.6) is 0 Å². The Balaban J connectivity index is 1.96. The second kappa shape index (κ2) is 7.99. The molecule has 1 unspecified atom stereocenters. The average Bonchev–Trinajstić information content (AvgIpc) is 2.95. The topological polar surface area (TPSA) is 12.0 Å². The molecule has 1 aromatic carbocycles. The van der Waals surface area contributed by atoms with E-state index < -0.39 is 0 Å². The Labute approximate surface area is 126 Å². The number of benzene rings is 1. The minimum Gasteiger partial charge on any atom is -0.314 e. The summed E-state index contributed by atoms with van der Waals surface area (Å²) in [5, 5.41) is 4.22. The number of hydrogen-bond acceptors (Lipinski definition) is 1. The quantitative estimate of drug-likeness (QED) is 0.749. The first-order valence-electron chi connectivity index (χ1n) is 7.88. The molecule has 0 aliphatic heterocycles. The highest BCUT2D eigenvalue weighted by atomic mass is 35.5. The van der Waals surface area contributed by atoms with Gasteiger partial charge in [0.05, 0.1) is 0 Å². The molecular weight excluding hydrogens is 273 g/mol. The van der Waals surface area contributed by atoms with Crippen LogP contribution >= 0.6 is 11.6 Å². The van der Waals surface area contributed by atoms with Gasteiger partial charge in [-0.3, -0.25) is 0 Å². The molecule has 0 bridgehead atoms. The summed E-state index contributed by atoms with van der Waals surface area (Å²) in [6.07, 6.45) is 8.15. The lowest BCUT2D eigenvalue weighted by Gasteiger charge is -2.25. The maximum atomic E-state index is 13.8. The molecule has 3 heteroatoms. The molecule has 0 spiro atoms. The molecule has 1 aromatic rings. The van der Waals surface area contributed by atoms with Crippen LogP contribution in [0.3, 0.4) is 0 Å². The van der Waals surface area contributed by atoms with Crippen LogP contribution in [0.1, 0.15) is 51.0 Å². The van der Waals surface area contributed by atoms with Crippen molar-refractivity contribution in [3.63, 3.8) is 0 Å². The van der Waals surface area contributed by atoms with E-state index in [4.69, 9.17) is 11.6 Å². The second-order valence-corrected chi connectivity index (χ2v) is 6.25. The van der Waals surface area contributed by atoms with Crippen molar-refractivity contribution in [1.29, 1.82) is 0 Å². The minimum atomic E-state index is -0.168. The number of halogens is 2. The predicted octanol–water partition coefficient (Wildman–Crippen LogP) is 4.97. The Hall–Kier alpha value is -0.600. The summed E-state index contributed by atoms with van der Waals surface area (Å²) in [7, 11) is 0. The summed E-state index contributed by atoms with van der Waals surface area (Å²) in [4.78, 5) is 0. The summed E-state index contributed by atoms with van der Waals surface area (Å²) in [6.45, 7) is 3.23. The molecular formula is C17H25ClFN. The van der Waals surface area contributed by atoms with Crippen LogP contribution in [0.2, 0.25) is 5.02 Å². The summed E-state index contributed by atoms with van der Waals surface area (Å²) < 4.78 is 13.8. The molecule has 1 aliphatic carbocycles. The Kier molecular flexibility index (Phi) is 6.31. The van der Waals surface area contributed by atoms with Crippen molar-refractivity contribution in [2.75, 3.05) is 6.54 Å². The molecule has 1 aliphatic rings. The van der Waals surface area contributed by atoms with Gasteiger partial charge in [-0.25, -0.2) is 4.39 Å². The first kappa shape index (κ1) is 15.8. The SMILES string of the molecule is CCCNC(CCc1c(F)cccc1Cl)C1CCCC1. The molecule has 1 atom stereocenters. The van der Waals surface area contributed by atoms with Gasteiger partial charge in [0.1, 0.15) is 5.82 Å². The molecule has 20 heavy (non-hydrogen) atoms. The van der Waals surface area contributed by atoms with E-state index in [1.54, 1.807) is 12.1 Å². The number of rotatable bonds is 7. The van der Waals surface area contributed by atoms with Crippen LogP contribution in [0.15, 0.2) is 18.2 Å². The second-order valence-electron chi connectivity index (χ2n) is 5.84. The van der Waals surface area contributed by atoms with Crippen molar-refractivity contribution in [3.05, 3.63) is 34.6 Å². The number of nitrogens with one attached hydrogen (secondary N) is 1. The zero-order valence-electron chi connectivity index (χ0n) is 12.3. The van der Waals surface area contributed by atoms with Crippen LogP contribution in [0, 0.1) is 11.7 Å². The lowest BCUT2D eigenvalue weighted by molar-refractivity contribution is 0.339. The zero-order chi connectivity index (χ0) is 14.4. The van der Waals surface area contributed by atoms with Crippen molar-refractivity contribution in [1.82, 2.24) is 5.32 Å². The maximum Gasteiger partial charge on any atom is 0.127 e. The van der Waals surface area contributed by atoms with Gasteiger partial charge in [-0.2, -0.15) is 0 Å². The Morgan fingerprint density at radius 3 is 2.75 bits per heavy atom. The highest BCUT2D eigenvalue weighted by molar-refractivity contribution is 6.31. The van der Waals surface area contributed by atoms with Gasteiger partial charge in [0.15, 0.2) is 0 Å². The van der Waals surface area contributed by atoms with Gasteiger partial charge in [-0.1, -0.05) is 37.4 Å². The molecule has 1 saturated carbocycles. The standard InChI is InChI=1S/C17H25ClFN/c1-2-12-20-17(13-6-3-4-7-13)11-10-14-15(18)8-5-9-16(14)19/h5,8-9,13,17,20H,2-4,6-7,10-12H2,1H3. The molecule has 1 fully saturated rings. The van der Waals surface area contributed by atoms with E-state index in [1.807, 2.05) is 0 Å². The average molecular weight is 298 g/mol. The normalized spacial score (nSPS) is 17.6. The molecule has 1 nitrogen and oxygen atoms in total. The van der Waals surface area contributed by atoms with Crippen LogP contribution < -0.4 is 5.32 Å². The third kappa shape index (κ3) is 4.20. The molecule has 0 heterocycles. The third-order valence-corrected chi connectivity index (χ3v) is 4.75. The third-order valence-electron chi connectivity index (χ3n) is 4.39. The van der Waals surface area contributed by atoms with E-state index in [-0.39, 0.29) is 5.82 Å². The van der Waals surface area contributed by atoms with E-state index in [1.165, 1.54) is 31.7 Å². The lowest BCUT2D eigenvalue weighted by atomic mass is 9.92. The Bertz CT molecular complexity index is 395. The maximum absolute atomic E-state index is 13.8. The van der Waals surface area contributed by atoms with E-state index in [9.17, 15) is 4.39 Å². The predicted molar refractivity (Wildman–Crippen MR) is 83.8 cm³/mol. The van der Waals surface area contributed by atoms with Crippen LogP contribution in [0.4, 0.5) is 4.39 Å². The minimum absolute atomic E-state index is 0.168. The summed E-state index contributed by atoms with van der Waals surface area (Å²) in [5.74, 6) is 0.588. The fourth-order valence-corrected chi connectivity index (χ4v) is 3.52. The fourth-order valence-electron chi connectivity index (χ4n) is 3.26. The van der Waals surface area contributed by atoms with Crippen molar-refractivity contribution in [2.45, 2.75) is 57.9 Å².